The fraction of sp³-hybridized carbons (Fsp3) is 0.375. The molecule has 4 nitrogen and oxygen atoms in total. The van der Waals surface area contributed by atoms with Gasteiger partial charge in [-0.1, -0.05) is 42.1 Å². The molecular formula is C24H25N3OS. The van der Waals surface area contributed by atoms with Gasteiger partial charge in [-0.3, -0.25) is 9.69 Å². The van der Waals surface area contributed by atoms with Crippen LogP contribution < -0.4 is 0 Å². The molecule has 1 saturated heterocycles. The first kappa shape index (κ1) is 18.8. The molecule has 1 fully saturated rings. The molecule has 0 bridgehead atoms. The highest BCUT2D eigenvalue weighted by molar-refractivity contribution is 7.98. The van der Waals surface area contributed by atoms with Crippen LogP contribution in [-0.4, -0.2) is 40.0 Å². The van der Waals surface area contributed by atoms with E-state index in [4.69, 9.17) is 0 Å². The standard InChI is InChI=1S/C24H25N3OS/c1-29-24-25-12-16(13-26-24)14-27-11-3-5-19(15-27)23(28)21-10-9-18-8-7-17-4-2-6-20(21)22(17)18/h2,4,6,9-10,12-13,19H,3,5,7-8,11,14-15H2,1H3/t19-/m0/s1. The van der Waals surface area contributed by atoms with Crippen molar-refractivity contribution >= 4 is 28.3 Å². The van der Waals surface area contributed by atoms with E-state index in [1.807, 2.05) is 18.6 Å². The second kappa shape index (κ2) is 7.88. The van der Waals surface area contributed by atoms with Crippen molar-refractivity contribution in [3.8, 4) is 0 Å². The molecule has 1 aliphatic heterocycles. The average Bonchev–Trinajstić information content (AvgIpc) is 3.19. The van der Waals surface area contributed by atoms with Crippen LogP contribution in [0.1, 0.15) is 39.9 Å². The SMILES string of the molecule is CSc1ncc(CN2CCC[C@H](C(=O)c3ccc4c5c(cccc35)CC4)C2)cn1. The Morgan fingerprint density at radius 3 is 2.72 bits per heavy atom. The molecule has 1 aliphatic carbocycles. The molecule has 0 radical (unpaired) electrons. The van der Waals surface area contributed by atoms with Crippen molar-refractivity contribution in [3.05, 3.63) is 65.0 Å². The predicted octanol–water partition coefficient (Wildman–Crippen LogP) is 4.55. The largest absolute Gasteiger partial charge is 0.298 e. The molecule has 1 aromatic heterocycles. The number of hydrogen-bond acceptors (Lipinski definition) is 5. The lowest BCUT2D eigenvalue weighted by Gasteiger charge is -2.32. The summed E-state index contributed by atoms with van der Waals surface area (Å²) < 4.78 is 0. The maximum atomic E-state index is 13.5. The molecule has 0 saturated carbocycles. The maximum absolute atomic E-state index is 13.5. The van der Waals surface area contributed by atoms with Gasteiger partial charge in [0.2, 0.25) is 0 Å². The van der Waals surface area contributed by atoms with Crippen molar-refractivity contribution in [1.82, 2.24) is 14.9 Å². The summed E-state index contributed by atoms with van der Waals surface area (Å²) in [5, 5.41) is 3.28. The number of thioether (sulfide) groups is 1. The number of carbonyl (C=O) groups is 1. The van der Waals surface area contributed by atoms with E-state index in [9.17, 15) is 4.79 Å². The Morgan fingerprint density at radius 1 is 1.14 bits per heavy atom. The predicted molar refractivity (Wildman–Crippen MR) is 118 cm³/mol. The highest BCUT2D eigenvalue weighted by Gasteiger charge is 2.28. The first-order chi connectivity index (χ1) is 14.2. The second-order valence-corrected chi connectivity index (χ2v) is 8.90. The van der Waals surface area contributed by atoms with Crippen molar-refractivity contribution in [2.24, 2.45) is 5.92 Å². The van der Waals surface area contributed by atoms with E-state index in [-0.39, 0.29) is 5.92 Å². The molecule has 2 aromatic carbocycles. The summed E-state index contributed by atoms with van der Waals surface area (Å²) in [4.78, 5) is 24.6. The number of ketones is 1. The van der Waals surface area contributed by atoms with Gasteiger partial charge in [-0.25, -0.2) is 9.97 Å². The molecule has 0 unspecified atom stereocenters. The number of aryl methyl sites for hydroxylation is 2. The number of aromatic nitrogens is 2. The van der Waals surface area contributed by atoms with Gasteiger partial charge in [-0.2, -0.15) is 0 Å². The molecule has 1 atom stereocenters. The minimum atomic E-state index is 0.0635. The van der Waals surface area contributed by atoms with E-state index in [1.165, 1.54) is 16.5 Å². The summed E-state index contributed by atoms with van der Waals surface area (Å²) >= 11 is 1.55. The third kappa shape index (κ3) is 3.58. The quantitative estimate of drug-likeness (QED) is 0.355. The van der Waals surface area contributed by atoms with Crippen molar-refractivity contribution in [3.63, 3.8) is 0 Å². The van der Waals surface area contributed by atoms with E-state index in [0.717, 1.165) is 67.0 Å². The normalized spacial score (nSPS) is 19.0. The third-order valence-electron chi connectivity index (χ3n) is 6.29. The average molecular weight is 404 g/mol. The van der Waals surface area contributed by atoms with Gasteiger partial charge < -0.3 is 0 Å². The zero-order valence-corrected chi connectivity index (χ0v) is 17.5. The lowest BCUT2D eigenvalue weighted by atomic mass is 9.87. The summed E-state index contributed by atoms with van der Waals surface area (Å²) in [7, 11) is 0. The van der Waals surface area contributed by atoms with Crippen LogP contribution in [0.3, 0.4) is 0 Å². The van der Waals surface area contributed by atoms with E-state index in [1.54, 1.807) is 11.8 Å². The molecule has 5 heteroatoms. The van der Waals surface area contributed by atoms with Crippen LogP contribution >= 0.6 is 11.8 Å². The topological polar surface area (TPSA) is 46.1 Å². The van der Waals surface area contributed by atoms with Gasteiger partial charge in [0.15, 0.2) is 10.9 Å². The molecular weight excluding hydrogens is 378 g/mol. The Bertz CT molecular complexity index is 1050. The zero-order valence-electron chi connectivity index (χ0n) is 16.7. The Labute approximate surface area is 175 Å². The molecule has 3 aromatic rings. The molecule has 29 heavy (non-hydrogen) atoms. The van der Waals surface area contributed by atoms with Gasteiger partial charge >= 0.3 is 0 Å². The monoisotopic (exact) mass is 403 g/mol. The Morgan fingerprint density at radius 2 is 1.93 bits per heavy atom. The first-order valence-electron chi connectivity index (χ1n) is 10.4. The molecule has 148 valence electrons. The fourth-order valence-electron chi connectivity index (χ4n) is 4.88. The highest BCUT2D eigenvalue weighted by Crippen LogP contribution is 2.34. The molecule has 0 N–H and O–H groups in total. The Hall–Kier alpha value is -2.24. The number of likely N-dealkylation sites (tertiary alicyclic amines) is 1. The van der Waals surface area contributed by atoms with Crippen molar-refractivity contribution in [1.29, 1.82) is 0 Å². The van der Waals surface area contributed by atoms with Crippen LogP contribution in [0, 0.1) is 5.92 Å². The Balaban J connectivity index is 1.36. The van der Waals surface area contributed by atoms with E-state index in [0.29, 0.717) is 5.78 Å². The van der Waals surface area contributed by atoms with E-state index < -0.39 is 0 Å². The number of carbonyl (C=O) groups excluding carboxylic acids is 1. The van der Waals surface area contributed by atoms with Gasteiger partial charge in [0, 0.05) is 42.5 Å². The number of piperidine rings is 1. The number of Topliss-reactive ketones (excluding diaryl/α,β-unsaturated/α-hetero) is 1. The van der Waals surface area contributed by atoms with Gasteiger partial charge in [0.25, 0.3) is 0 Å². The zero-order chi connectivity index (χ0) is 19.8. The summed E-state index contributed by atoms with van der Waals surface area (Å²) in [6.07, 6.45) is 10.0. The summed E-state index contributed by atoms with van der Waals surface area (Å²) in [5.74, 6) is 0.368. The van der Waals surface area contributed by atoms with Crippen molar-refractivity contribution < 1.29 is 4.79 Å². The van der Waals surface area contributed by atoms with Gasteiger partial charge in [0.05, 0.1) is 0 Å². The molecule has 2 aliphatic rings. The second-order valence-electron chi connectivity index (χ2n) is 8.13. The first-order valence-corrected chi connectivity index (χ1v) is 11.6. The van der Waals surface area contributed by atoms with E-state index in [2.05, 4.69) is 45.2 Å². The van der Waals surface area contributed by atoms with Crippen LogP contribution in [0.5, 0.6) is 0 Å². The van der Waals surface area contributed by atoms with Gasteiger partial charge in [0.1, 0.15) is 0 Å². The van der Waals surface area contributed by atoms with Crippen LogP contribution in [0.2, 0.25) is 0 Å². The fourth-order valence-corrected chi connectivity index (χ4v) is 5.20. The van der Waals surface area contributed by atoms with E-state index >= 15 is 0 Å². The summed E-state index contributed by atoms with van der Waals surface area (Å²) in [6, 6.07) is 10.7. The van der Waals surface area contributed by atoms with Crippen LogP contribution in [0.25, 0.3) is 10.8 Å². The van der Waals surface area contributed by atoms with Gasteiger partial charge in [-0.05, 0) is 60.4 Å². The number of benzene rings is 2. The summed E-state index contributed by atoms with van der Waals surface area (Å²) in [6.45, 7) is 2.65. The lowest BCUT2D eigenvalue weighted by Crippen LogP contribution is -2.38. The maximum Gasteiger partial charge on any atom is 0.187 e. The van der Waals surface area contributed by atoms with Crippen LogP contribution in [0.4, 0.5) is 0 Å². The molecule has 0 amide bonds. The van der Waals surface area contributed by atoms with Crippen molar-refractivity contribution in [2.45, 2.75) is 37.4 Å². The smallest absolute Gasteiger partial charge is 0.187 e. The van der Waals surface area contributed by atoms with Crippen LogP contribution in [0.15, 0.2) is 47.9 Å². The molecule has 2 heterocycles. The lowest BCUT2D eigenvalue weighted by molar-refractivity contribution is 0.0813. The minimum absolute atomic E-state index is 0.0635. The number of nitrogens with zero attached hydrogens (tertiary/aromatic N) is 3. The van der Waals surface area contributed by atoms with Gasteiger partial charge in [-0.15, -0.1) is 0 Å². The molecule has 5 rings (SSSR count). The third-order valence-corrected chi connectivity index (χ3v) is 6.87. The molecule has 0 spiro atoms. The van der Waals surface area contributed by atoms with Crippen molar-refractivity contribution in [2.75, 3.05) is 19.3 Å². The Kier molecular flexibility index (Phi) is 5.10. The summed E-state index contributed by atoms with van der Waals surface area (Å²) in [5.41, 5.74) is 4.81. The van der Waals surface area contributed by atoms with Crippen LogP contribution in [-0.2, 0) is 19.4 Å². The number of rotatable bonds is 5. The minimum Gasteiger partial charge on any atom is -0.298 e. The highest BCUT2D eigenvalue weighted by atomic mass is 32.2. The number of hydrogen-bond donors (Lipinski definition) is 0.